The summed E-state index contributed by atoms with van der Waals surface area (Å²) >= 11 is 0. The van der Waals surface area contributed by atoms with E-state index in [-0.39, 0.29) is 6.79 Å². The summed E-state index contributed by atoms with van der Waals surface area (Å²) in [6.45, 7) is 0.680. The minimum atomic E-state index is 0.247. The molecule has 6 heteroatoms. The molecule has 0 aliphatic carbocycles. The predicted octanol–water partition coefficient (Wildman–Crippen LogP) is 1.80. The fourth-order valence-electron chi connectivity index (χ4n) is 1.98. The highest BCUT2D eigenvalue weighted by Crippen LogP contribution is 2.40. The third kappa shape index (κ3) is 1.67. The van der Waals surface area contributed by atoms with Crippen molar-refractivity contribution in [2.24, 2.45) is 0 Å². The van der Waals surface area contributed by atoms with Crippen molar-refractivity contribution in [1.29, 1.82) is 0 Å². The largest absolute Gasteiger partial charge is 0.496 e. The maximum Gasteiger partial charge on any atom is 0.189 e. The molecular weight excluding hydrogens is 236 g/mol. The molecule has 18 heavy (non-hydrogen) atoms. The van der Waals surface area contributed by atoms with Crippen molar-refractivity contribution in [1.82, 2.24) is 5.16 Å². The van der Waals surface area contributed by atoms with E-state index in [0.717, 1.165) is 16.9 Å². The van der Waals surface area contributed by atoms with Crippen LogP contribution in [-0.2, 0) is 11.3 Å². The van der Waals surface area contributed by atoms with Crippen LogP contribution >= 0.6 is 0 Å². The molecule has 3 rings (SSSR count). The normalized spacial score (nSPS) is 13.8. The number of anilines is 1. The van der Waals surface area contributed by atoms with E-state index >= 15 is 0 Å². The second-order valence-electron chi connectivity index (χ2n) is 3.85. The number of nitrogens with zero attached hydrogens (tertiary/aromatic N) is 1. The van der Waals surface area contributed by atoms with Crippen LogP contribution in [-0.4, -0.2) is 19.1 Å². The van der Waals surface area contributed by atoms with Crippen molar-refractivity contribution in [2.75, 3.05) is 19.6 Å². The lowest BCUT2D eigenvalue weighted by molar-refractivity contribution is -0.0162. The van der Waals surface area contributed by atoms with Gasteiger partial charge in [-0.1, -0.05) is 5.16 Å². The molecule has 0 amide bonds. The van der Waals surface area contributed by atoms with Gasteiger partial charge in [0.15, 0.2) is 18.4 Å². The summed E-state index contributed by atoms with van der Waals surface area (Å²) < 4.78 is 21.2. The number of benzene rings is 1. The molecule has 1 aromatic carbocycles. The van der Waals surface area contributed by atoms with Gasteiger partial charge >= 0.3 is 0 Å². The quantitative estimate of drug-likeness (QED) is 0.872. The number of rotatable bonds is 2. The van der Waals surface area contributed by atoms with Gasteiger partial charge in [0.2, 0.25) is 0 Å². The SMILES string of the molecule is COc1ccc2c(c1-c1cc(N)no1)COCO2. The van der Waals surface area contributed by atoms with Crippen molar-refractivity contribution in [3.63, 3.8) is 0 Å². The van der Waals surface area contributed by atoms with E-state index in [1.807, 2.05) is 12.1 Å². The molecule has 2 N–H and O–H groups in total. The van der Waals surface area contributed by atoms with Gasteiger partial charge in [0.1, 0.15) is 11.5 Å². The van der Waals surface area contributed by atoms with E-state index < -0.39 is 0 Å². The highest BCUT2D eigenvalue weighted by molar-refractivity contribution is 5.74. The molecule has 1 aromatic heterocycles. The van der Waals surface area contributed by atoms with Crippen molar-refractivity contribution in [3.05, 3.63) is 23.8 Å². The Kier molecular flexibility index (Phi) is 2.56. The highest BCUT2D eigenvalue weighted by atomic mass is 16.7. The average molecular weight is 248 g/mol. The lowest BCUT2D eigenvalue weighted by Gasteiger charge is -2.21. The van der Waals surface area contributed by atoms with Crippen molar-refractivity contribution in [2.45, 2.75) is 6.61 Å². The molecule has 0 atom stereocenters. The molecule has 0 fully saturated rings. The minimum absolute atomic E-state index is 0.247. The Morgan fingerprint density at radius 3 is 3.00 bits per heavy atom. The fourth-order valence-corrected chi connectivity index (χ4v) is 1.98. The predicted molar refractivity (Wildman–Crippen MR) is 63.2 cm³/mol. The van der Waals surface area contributed by atoms with Crippen molar-refractivity contribution < 1.29 is 18.7 Å². The second-order valence-corrected chi connectivity index (χ2v) is 3.85. The van der Waals surface area contributed by atoms with Gasteiger partial charge in [-0.15, -0.1) is 0 Å². The maximum absolute atomic E-state index is 5.58. The molecule has 0 unspecified atom stereocenters. The first-order valence-corrected chi connectivity index (χ1v) is 5.42. The number of aromatic nitrogens is 1. The molecule has 2 aromatic rings. The molecular formula is C12H12N2O4. The monoisotopic (exact) mass is 248 g/mol. The smallest absolute Gasteiger partial charge is 0.189 e. The van der Waals surface area contributed by atoms with Crippen LogP contribution in [0.3, 0.4) is 0 Å². The number of methoxy groups -OCH3 is 1. The summed E-state index contributed by atoms with van der Waals surface area (Å²) in [4.78, 5) is 0. The van der Waals surface area contributed by atoms with E-state index in [4.69, 9.17) is 24.5 Å². The highest BCUT2D eigenvalue weighted by Gasteiger charge is 2.22. The van der Waals surface area contributed by atoms with Crippen LogP contribution in [0.15, 0.2) is 22.7 Å². The first-order valence-electron chi connectivity index (χ1n) is 5.42. The van der Waals surface area contributed by atoms with Gasteiger partial charge in [-0.25, -0.2) is 0 Å². The third-order valence-electron chi connectivity index (χ3n) is 2.77. The van der Waals surface area contributed by atoms with Crippen LogP contribution < -0.4 is 15.2 Å². The number of ether oxygens (including phenoxy) is 3. The van der Waals surface area contributed by atoms with E-state index in [9.17, 15) is 0 Å². The van der Waals surface area contributed by atoms with Crippen LogP contribution in [0, 0.1) is 0 Å². The lowest BCUT2D eigenvalue weighted by Crippen LogP contribution is -2.12. The number of hydrogen-bond donors (Lipinski definition) is 1. The van der Waals surface area contributed by atoms with Crippen LogP contribution in [0.25, 0.3) is 11.3 Å². The number of nitrogen functional groups attached to an aromatic ring is 1. The third-order valence-corrected chi connectivity index (χ3v) is 2.77. The Balaban J connectivity index is 2.21. The maximum atomic E-state index is 5.58. The van der Waals surface area contributed by atoms with Crippen molar-refractivity contribution >= 4 is 5.82 Å². The average Bonchev–Trinajstić information content (AvgIpc) is 2.83. The Morgan fingerprint density at radius 2 is 2.28 bits per heavy atom. The van der Waals surface area contributed by atoms with Gasteiger partial charge in [-0.3, -0.25) is 0 Å². The molecule has 0 radical (unpaired) electrons. The molecule has 1 aliphatic rings. The molecule has 0 spiro atoms. The zero-order valence-corrected chi connectivity index (χ0v) is 9.80. The van der Waals surface area contributed by atoms with E-state index in [1.165, 1.54) is 0 Å². The summed E-state index contributed by atoms with van der Waals surface area (Å²) in [5.74, 6) is 2.28. The first kappa shape index (κ1) is 10.9. The van der Waals surface area contributed by atoms with Gasteiger partial charge in [0, 0.05) is 11.6 Å². The van der Waals surface area contributed by atoms with Gasteiger partial charge in [-0.2, -0.15) is 0 Å². The Labute approximate surface area is 103 Å². The minimum Gasteiger partial charge on any atom is -0.496 e. The molecule has 6 nitrogen and oxygen atoms in total. The van der Waals surface area contributed by atoms with Crippen LogP contribution in [0.5, 0.6) is 11.5 Å². The van der Waals surface area contributed by atoms with Gasteiger partial charge in [-0.05, 0) is 12.1 Å². The van der Waals surface area contributed by atoms with Gasteiger partial charge < -0.3 is 24.5 Å². The molecule has 94 valence electrons. The Bertz CT molecular complexity index is 579. The van der Waals surface area contributed by atoms with E-state index in [1.54, 1.807) is 13.2 Å². The Hall–Kier alpha value is -2.21. The molecule has 2 heterocycles. The second kappa shape index (κ2) is 4.23. The summed E-state index contributed by atoms with van der Waals surface area (Å²) in [5, 5.41) is 3.68. The van der Waals surface area contributed by atoms with Crippen molar-refractivity contribution in [3.8, 4) is 22.8 Å². The number of fused-ring (bicyclic) bond motifs is 1. The lowest BCUT2D eigenvalue weighted by atomic mass is 10.0. The van der Waals surface area contributed by atoms with Gasteiger partial charge in [0.25, 0.3) is 0 Å². The Morgan fingerprint density at radius 1 is 1.39 bits per heavy atom. The fraction of sp³-hybridized carbons (Fsp3) is 0.250. The summed E-state index contributed by atoms with van der Waals surface area (Å²) in [5.41, 5.74) is 7.21. The molecule has 0 saturated heterocycles. The van der Waals surface area contributed by atoms with E-state index in [2.05, 4.69) is 5.16 Å². The molecule has 0 bridgehead atoms. The number of nitrogens with two attached hydrogens (primary N) is 1. The standard InChI is InChI=1S/C12H12N2O4/c1-15-9-3-2-8-7(5-16-6-17-8)12(9)10-4-11(13)14-18-10/h2-4H,5-6H2,1H3,(H2,13,14). The zero-order chi connectivity index (χ0) is 12.5. The summed E-state index contributed by atoms with van der Waals surface area (Å²) in [7, 11) is 1.59. The summed E-state index contributed by atoms with van der Waals surface area (Å²) in [6.07, 6.45) is 0. The summed E-state index contributed by atoms with van der Waals surface area (Å²) in [6, 6.07) is 5.31. The van der Waals surface area contributed by atoms with Gasteiger partial charge in [0.05, 0.1) is 19.3 Å². The molecule has 0 saturated carbocycles. The van der Waals surface area contributed by atoms with Crippen LogP contribution in [0.4, 0.5) is 5.82 Å². The van der Waals surface area contributed by atoms with E-state index in [0.29, 0.717) is 23.9 Å². The topological polar surface area (TPSA) is 79.7 Å². The van der Waals surface area contributed by atoms with Crippen LogP contribution in [0.1, 0.15) is 5.56 Å². The number of hydrogen-bond acceptors (Lipinski definition) is 6. The first-order chi connectivity index (χ1) is 8.79. The van der Waals surface area contributed by atoms with Crippen LogP contribution in [0.2, 0.25) is 0 Å². The molecule has 1 aliphatic heterocycles. The zero-order valence-electron chi connectivity index (χ0n) is 9.80.